The summed E-state index contributed by atoms with van der Waals surface area (Å²) in [5.41, 5.74) is 12.1. The van der Waals surface area contributed by atoms with Gasteiger partial charge in [0.2, 0.25) is 11.9 Å². The van der Waals surface area contributed by atoms with Gasteiger partial charge in [0.15, 0.2) is 0 Å². The van der Waals surface area contributed by atoms with Crippen molar-refractivity contribution in [3.8, 4) is 0 Å². The zero-order valence-electron chi connectivity index (χ0n) is 20.9. The van der Waals surface area contributed by atoms with Gasteiger partial charge in [-0.1, -0.05) is 72.8 Å². The number of anilines is 3. The lowest BCUT2D eigenvalue weighted by Crippen LogP contribution is -2.47. The number of piperazine rings is 1. The third kappa shape index (κ3) is 5.53. The second-order valence-electron chi connectivity index (χ2n) is 9.34. The zero-order valence-corrected chi connectivity index (χ0v) is 20.9. The fourth-order valence-corrected chi connectivity index (χ4v) is 4.84. The molecule has 0 amide bonds. The summed E-state index contributed by atoms with van der Waals surface area (Å²) < 4.78 is 0. The standard InChI is InChI=1S/C29H33N7/c1-21-10-9-15-25(22(21)2)31-29-33-26(32-28(30)34-29)20-35-16-18-36(19-17-35)27(23-11-5-3-6-12-23)24-13-7-4-8-14-24/h3-15,27H,16-20H2,1-2H3,(H3,30,31,32,33,34). The molecule has 1 aliphatic rings. The second-order valence-corrected chi connectivity index (χ2v) is 9.34. The number of nitrogens with two attached hydrogens (primary N) is 1. The lowest BCUT2D eigenvalue weighted by Gasteiger charge is -2.39. The third-order valence-electron chi connectivity index (χ3n) is 6.92. The van der Waals surface area contributed by atoms with Crippen molar-refractivity contribution in [3.63, 3.8) is 0 Å². The highest BCUT2D eigenvalue weighted by atomic mass is 15.3. The molecule has 0 bridgehead atoms. The van der Waals surface area contributed by atoms with Crippen molar-refractivity contribution in [1.29, 1.82) is 0 Å². The van der Waals surface area contributed by atoms with Crippen LogP contribution in [-0.2, 0) is 6.54 Å². The van der Waals surface area contributed by atoms with E-state index >= 15 is 0 Å². The summed E-state index contributed by atoms with van der Waals surface area (Å²) in [7, 11) is 0. The van der Waals surface area contributed by atoms with Crippen LogP contribution >= 0.6 is 0 Å². The van der Waals surface area contributed by atoms with E-state index in [0.29, 0.717) is 18.3 Å². The molecule has 0 saturated carbocycles. The molecule has 4 aromatic rings. The van der Waals surface area contributed by atoms with Crippen LogP contribution in [0.15, 0.2) is 78.9 Å². The molecule has 3 N–H and O–H groups in total. The Balaban J connectivity index is 1.27. The average Bonchev–Trinajstić information content (AvgIpc) is 2.89. The molecular formula is C29H33N7. The quantitative estimate of drug-likeness (QED) is 0.397. The Morgan fingerprint density at radius 1 is 0.778 bits per heavy atom. The first-order valence-electron chi connectivity index (χ1n) is 12.5. The summed E-state index contributed by atoms with van der Waals surface area (Å²) in [6, 6.07) is 27.9. The normalized spacial score (nSPS) is 14.8. The van der Waals surface area contributed by atoms with E-state index in [2.05, 4.69) is 111 Å². The second kappa shape index (κ2) is 10.8. The van der Waals surface area contributed by atoms with Crippen LogP contribution in [0.2, 0.25) is 0 Å². The third-order valence-corrected chi connectivity index (χ3v) is 6.92. The Bertz CT molecular complexity index is 1250. The number of nitrogen functional groups attached to an aromatic ring is 1. The van der Waals surface area contributed by atoms with Gasteiger partial charge in [-0.25, -0.2) is 0 Å². The lowest BCUT2D eigenvalue weighted by atomic mass is 9.96. The SMILES string of the molecule is Cc1cccc(Nc2nc(N)nc(CN3CCN(C(c4ccccc4)c4ccccc4)CC3)n2)c1C. The van der Waals surface area contributed by atoms with Gasteiger partial charge < -0.3 is 11.1 Å². The molecule has 36 heavy (non-hydrogen) atoms. The first kappa shape index (κ1) is 23.9. The number of hydrogen-bond acceptors (Lipinski definition) is 7. The highest BCUT2D eigenvalue weighted by molar-refractivity contribution is 5.60. The maximum atomic E-state index is 6.05. The van der Waals surface area contributed by atoms with E-state index < -0.39 is 0 Å². The Morgan fingerprint density at radius 3 is 2.06 bits per heavy atom. The maximum Gasteiger partial charge on any atom is 0.232 e. The average molecular weight is 480 g/mol. The molecular weight excluding hydrogens is 446 g/mol. The number of hydrogen-bond donors (Lipinski definition) is 2. The van der Waals surface area contributed by atoms with Crippen LogP contribution in [0.5, 0.6) is 0 Å². The number of benzene rings is 3. The van der Waals surface area contributed by atoms with Gasteiger partial charge in [-0.2, -0.15) is 15.0 Å². The summed E-state index contributed by atoms with van der Waals surface area (Å²) in [5, 5.41) is 3.32. The molecule has 0 spiro atoms. The van der Waals surface area contributed by atoms with Crippen LogP contribution in [0.25, 0.3) is 0 Å². The fraction of sp³-hybridized carbons (Fsp3) is 0.276. The number of nitrogens with one attached hydrogen (secondary N) is 1. The van der Waals surface area contributed by atoms with E-state index in [4.69, 9.17) is 5.73 Å². The molecule has 0 unspecified atom stereocenters. The number of aryl methyl sites for hydroxylation is 1. The summed E-state index contributed by atoms with van der Waals surface area (Å²) in [6.45, 7) is 8.60. The minimum atomic E-state index is 0.236. The number of nitrogens with zero attached hydrogens (tertiary/aromatic N) is 5. The van der Waals surface area contributed by atoms with Gasteiger partial charge >= 0.3 is 0 Å². The van der Waals surface area contributed by atoms with Crippen molar-refractivity contribution in [3.05, 3.63) is 107 Å². The smallest absolute Gasteiger partial charge is 0.232 e. The first-order valence-corrected chi connectivity index (χ1v) is 12.5. The monoisotopic (exact) mass is 479 g/mol. The minimum absolute atomic E-state index is 0.236. The van der Waals surface area contributed by atoms with Crippen molar-refractivity contribution in [2.45, 2.75) is 26.4 Å². The molecule has 0 atom stereocenters. The van der Waals surface area contributed by atoms with E-state index in [9.17, 15) is 0 Å². The summed E-state index contributed by atoms with van der Waals surface area (Å²) in [6.07, 6.45) is 0. The van der Waals surface area contributed by atoms with Crippen molar-refractivity contribution < 1.29 is 0 Å². The Hall–Kier alpha value is -3.81. The van der Waals surface area contributed by atoms with E-state index in [0.717, 1.165) is 31.9 Å². The molecule has 1 saturated heterocycles. The van der Waals surface area contributed by atoms with Gasteiger partial charge in [0.05, 0.1) is 12.6 Å². The van der Waals surface area contributed by atoms with Crippen LogP contribution < -0.4 is 11.1 Å². The summed E-state index contributed by atoms with van der Waals surface area (Å²) in [5.74, 6) is 1.41. The van der Waals surface area contributed by atoms with Crippen LogP contribution in [0, 0.1) is 13.8 Å². The van der Waals surface area contributed by atoms with Gasteiger partial charge in [0, 0.05) is 31.9 Å². The molecule has 1 aliphatic heterocycles. The predicted octanol–water partition coefficient (Wildman–Crippen LogP) is 4.72. The Morgan fingerprint density at radius 2 is 1.42 bits per heavy atom. The molecule has 0 radical (unpaired) electrons. The molecule has 3 aromatic carbocycles. The minimum Gasteiger partial charge on any atom is -0.368 e. The molecule has 7 nitrogen and oxygen atoms in total. The van der Waals surface area contributed by atoms with Crippen LogP contribution in [0.1, 0.15) is 34.1 Å². The van der Waals surface area contributed by atoms with E-state index in [-0.39, 0.29) is 12.0 Å². The molecule has 1 fully saturated rings. The van der Waals surface area contributed by atoms with Gasteiger partial charge in [-0.05, 0) is 42.2 Å². The van der Waals surface area contributed by atoms with Crippen molar-refractivity contribution in [1.82, 2.24) is 24.8 Å². The molecule has 7 heteroatoms. The zero-order chi connectivity index (χ0) is 24.9. The number of aromatic nitrogens is 3. The Kier molecular flexibility index (Phi) is 7.21. The summed E-state index contributed by atoms with van der Waals surface area (Å²) >= 11 is 0. The van der Waals surface area contributed by atoms with Crippen molar-refractivity contribution in [2.75, 3.05) is 37.2 Å². The van der Waals surface area contributed by atoms with E-state index in [1.54, 1.807) is 0 Å². The van der Waals surface area contributed by atoms with Crippen molar-refractivity contribution in [2.24, 2.45) is 0 Å². The van der Waals surface area contributed by atoms with Gasteiger partial charge in [-0.3, -0.25) is 9.80 Å². The van der Waals surface area contributed by atoms with Crippen LogP contribution in [-0.4, -0.2) is 50.9 Å². The molecule has 1 aromatic heterocycles. The van der Waals surface area contributed by atoms with Gasteiger partial charge in [-0.15, -0.1) is 0 Å². The summed E-state index contributed by atoms with van der Waals surface area (Å²) in [4.78, 5) is 18.4. The first-order chi connectivity index (χ1) is 17.6. The lowest BCUT2D eigenvalue weighted by molar-refractivity contribution is 0.103. The predicted molar refractivity (Wildman–Crippen MR) is 145 cm³/mol. The molecule has 184 valence electrons. The van der Waals surface area contributed by atoms with Crippen LogP contribution in [0.4, 0.5) is 17.6 Å². The fourth-order valence-electron chi connectivity index (χ4n) is 4.84. The molecule has 0 aliphatic carbocycles. The molecule has 2 heterocycles. The van der Waals surface area contributed by atoms with E-state index in [1.807, 2.05) is 12.1 Å². The van der Waals surface area contributed by atoms with Crippen LogP contribution in [0.3, 0.4) is 0 Å². The van der Waals surface area contributed by atoms with E-state index in [1.165, 1.54) is 22.3 Å². The number of rotatable bonds is 7. The highest BCUT2D eigenvalue weighted by Crippen LogP contribution is 2.29. The topological polar surface area (TPSA) is 83.2 Å². The van der Waals surface area contributed by atoms with Gasteiger partial charge in [0.25, 0.3) is 0 Å². The maximum absolute atomic E-state index is 6.05. The largest absolute Gasteiger partial charge is 0.368 e. The molecule has 5 rings (SSSR count). The van der Waals surface area contributed by atoms with Gasteiger partial charge in [0.1, 0.15) is 5.82 Å². The Labute approximate surface area is 213 Å². The highest BCUT2D eigenvalue weighted by Gasteiger charge is 2.26. The van der Waals surface area contributed by atoms with Crippen molar-refractivity contribution >= 4 is 17.6 Å².